The van der Waals surface area contributed by atoms with Crippen LogP contribution in [0.4, 0.5) is 14.5 Å². The normalized spacial score (nSPS) is 11.5. The summed E-state index contributed by atoms with van der Waals surface area (Å²) in [5.41, 5.74) is -0.533. The van der Waals surface area contributed by atoms with Crippen LogP contribution in [0.1, 0.15) is 5.56 Å². The predicted octanol–water partition coefficient (Wildman–Crippen LogP) is 1.68. The first kappa shape index (κ1) is 15.1. The highest BCUT2D eigenvalue weighted by atomic mass is 32.2. The second-order valence-corrected chi connectivity index (χ2v) is 5.77. The lowest BCUT2D eigenvalue weighted by molar-refractivity contribution is -0.387. The molecule has 0 fully saturated rings. The SMILES string of the molecule is O=[N+]([O-])c1cc(S(=O)(=O)NCc2cc[nH]c2)c(F)cc1F. The summed E-state index contributed by atoms with van der Waals surface area (Å²) in [5, 5.41) is 10.6. The molecule has 0 saturated carbocycles. The summed E-state index contributed by atoms with van der Waals surface area (Å²) in [6.07, 6.45) is 3.08. The fraction of sp³-hybridized carbons (Fsp3) is 0.0909. The molecule has 21 heavy (non-hydrogen) atoms. The third-order valence-corrected chi connectivity index (χ3v) is 4.03. The maximum Gasteiger partial charge on any atom is 0.306 e. The van der Waals surface area contributed by atoms with Crippen LogP contribution in [0.15, 0.2) is 35.5 Å². The molecule has 1 aromatic heterocycles. The summed E-state index contributed by atoms with van der Waals surface area (Å²) in [6.45, 7) is -0.142. The van der Waals surface area contributed by atoms with Gasteiger partial charge in [0.2, 0.25) is 15.8 Å². The highest BCUT2D eigenvalue weighted by Gasteiger charge is 2.26. The van der Waals surface area contributed by atoms with Crippen LogP contribution >= 0.6 is 0 Å². The maximum absolute atomic E-state index is 13.6. The van der Waals surface area contributed by atoms with E-state index in [-0.39, 0.29) is 12.6 Å². The Labute approximate surface area is 117 Å². The number of nitro groups is 1. The average molecular weight is 317 g/mol. The number of nitrogens with one attached hydrogen (secondary N) is 2. The van der Waals surface area contributed by atoms with Gasteiger partial charge in [-0.05, 0) is 11.6 Å². The minimum absolute atomic E-state index is 0.142. The molecule has 2 N–H and O–H groups in total. The van der Waals surface area contributed by atoms with E-state index < -0.39 is 37.2 Å². The molecule has 1 heterocycles. The summed E-state index contributed by atoms with van der Waals surface area (Å²) < 4.78 is 52.7. The molecule has 0 bridgehead atoms. The van der Waals surface area contributed by atoms with E-state index >= 15 is 0 Å². The highest BCUT2D eigenvalue weighted by Crippen LogP contribution is 2.24. The fourth-order valence-electron chi connectivity index (χ4n) is 1.59. The van der Waals surface area contributed by atoms with Gasteiger partial charge in [-0.25, -0.2) is 17.5 Å². The molecule has 0 spiro atoms. The molecule has 0 atom stereocenters. The summed E-state index contributed by atoms with van der Waals surface area (Å²) in [5.74, 6) is -2.85. The molecule has 0 aliphatic carbocycles. The van der Waals surface area contributed by atoms with E-state index in [1.807, 2.05) is 0 Å². The monoisotopic (exact) mass is 317 g/mol. The van der Waals surface area contributed by atoms with E-state index in [1.54, 1.807) is 12.3 Å². The van der Waals surface area contributed by atoms with Crippen molar-refractivity contribution >= 4 is 15.7 Å². The maximum atomic E-state index is 13.6. The van der Waals surface area contributed by atoms with Crippen molar-refractivity contribution in [2.75, 3.05) is 0 Å². The molecule has 0 aliphatic heterocycles. The molecule has 112 valence electrons. The first-order chi connectivity index (χ1) is 9.81. The Morgan fingerprint density at radius 2 is 2.00 bits per heavy atom. The molecular weight excluding hydrogens is 308 g/mol. The van der Waals surface area contributed by atoms with Crippen molar-refractivity contribution in [1.82, 2.24) is 9.71 Å². The zero-order chi connectivity index (χ0) is 15.6. The van der Waals surface area contributed by atoms with Crippen molar-refractivity contribution < 1.29 is 22.1 Å². The number of H-pyrrole nitrogens is 1. The second kappa shape index (κ2) is 5.58. The molecule has 10 heteroatoms. The van der Waals surface area contributed by atoms with Gasteiger partial charge in [0, 0.05) is 31.1 Å². The lowest BCUT2D eigenvalue weighted by Crippen LogP contribution is -2.24. The number of hydrogen-bond acceptors (Lipinski definition) is 4. The van der Waals surface area contributed by atoms with Gasteiger partial charge in [-0.3, -0.25) is 10.1 Å². The smallest absolute Gasteiger partial charge is 0.306 e. The molecule has 1 aromatic carbocycles. The van der Waals surface area contributed by atoms with Crippen LogP contribution in [-0.4, -0.2) is 18.3 Å². The van der Waals surface area contributed by atoms with Gasteiger partial charge >= 0.3 is 5.69 Å². The van der Waals surface area contributed by atoms with Gasteiger partial charge < -0.3 is 4.98 Å². The van der Waals surface area contributed by atoms with Gasteiger partial charge in [0.25, 0.3) is 0 Å². The first-order valence-electron chi connectivity index (χ1n) is 5.56. The minimum atomic E-state index is -4.35. The topological polar surface area (TPSA) is 105 Å². The molecule has 2 aromatic rings. The summed E-state index contributed by atoms with van der Waals surface area (Å²) in [4.78, 5) is 11.2. The average Bonchev–Trinajstić information content (AvgIpc) is 2.88. The van der Waals surface area contributed by atoms with Gasteiger partial charge in [0.15, 0.2) is 0 Å². The van der Waals surface area contributed by atoms with E-state index in [0.29, 0.717) is 11.6 Å². The Hall–Kier alpha value is -2.33. The van der Waals surface area contributed by atoms with Crippen molar-refractivity contribution in [3.05, 3.63) is 57.9 Å². The second-order valence-electron chi connectivity index (χ2n) is 4.03. The zero-order valence-corrected chi connectivity index (χ0v) is 11.2. The van der Waals surface area contributed by atoms with Gasteiger partial charge in [0.1, 0.15) is 10.7 Å². The molecule has 0 radical (unpaired) electrons. The molecule has 0 unspecified atom stereocenters. The summed E-state index contributed by atoms with van der Waals surface area (Å²) in [7, 11) is -4.35. The predicted molar refractivity (Wildman–Crippen MR) is 67.8 cm³/mol. The number of aromatic amines is 1. The number of halogens is 2. The number of sulfonamides is 1. The zero-order valence-electron chi connectivity index (χ0n) is 10.3. The molecule has 2 rings (SSSR count). The van der Waals surface area contributed by atoms with Gasteiger partial charge in [-0.15, -0.1) is 0 Å². The standard InChI is InChI=1S/C11H9F2N3O4S/c12-8-3-9(13)11(4-10(8)16(17)18)21(19,20)15-6-7-1-2-14-5-7/h1-5,14-15H,6H2. The molecule has 7 nitrogen and oxygen atoms in total. The van der Waals surface area contributed by atoms with Gasteiger partial charge in [0.05, 0.1) is 4.92 Å². The van der Waals surface area contributed by atoms with Gasteiger partial charge in [-0.2, -0.15) is 4.39 Å². The van der Waals surface area contributed by atoms with Crippen molar-refractivity contribution in [1.29, 1.82) is 0 Å². The Balaban J connectivity index is 2.35. The summed E-state index contributed by atoms with van der Waals surface area (Å²) in [6, 6.07) is 2.11. The lowest BCUT2D eigenvalue weighted by Gasteiger charge is -2.07. The van der Waals surface area contributed by atoms with Crippen LogP contribution in [0, 0.1) is 21.7 Å². The molecule has 0 saturated heterocycles. The Morgan fingerprint density at radius 3 is 2.57 bits per heavy atom. The van der Waals surface area contributed by atoms with Crippen LogP contribution in [0.5, 0.6) is 0 Å². The fourth-order valence-corrected chi connectivity index (χ4v) is 2.68. The number of benzene rings is 1. The largest absolute Gasteiger partial charge is 0.367 e. The van der Waals surface area contributed by atoms with Crippen molar-refractivity contribution in [3.8, 4) is 0 Å². The van der Waals surface area contributed by atoms with Crippen LogP contribution in [-0.2, 0) is 16.6 Å². The van der Waals surface area contributed by atoms with Gasteiger partial charge in [-0.1, -0.05) is 0 Å². The molecule has 0 aliphatic rings. The van der Waals surface area contributed by atoms with E-state index in [1.165, 1.54) is 6.20 Å². The van der Waals surface area contributed by atoms with Crippen LogP contribution in [0.2, 0.25) is 0 Å². The van der Waals surface area contributed by atoms with E-state index in [0.717, 1.165) is 0 Å². The molecular formula is C11H9F2N3O4S. The number of rotatable bonds is 5. The Morgan fingerprint density at radius 1 is 1.29 bits per heavy atom. The third-order valence-electron chi connectivity index (χ3n) is 2.62. The number of nitrogens with zero attached hydrogens (tertiary/aromatic N) is 1. The highest BCUT2D eigenvalue weighted by molar-refractivity contribution is 7.89. The van der Waals surface area contributed by atoms with Crippen molar-refractivity contribution in [2.24, 2.45) is 0 Å². The van der Waals surface area contributed by atoms with E-state index in [2.05, 4.69) is 9.71 Å². The molecule has 0 amide bonds. The number of nitro benzene ring substituents is 1. The van der Waals surface area contributed by atoms with E-state index in [4.69, 9.17) is 0 Å². The Bertz CT molecular complexity index is 775. The Kier molecular flexibility index (Phi) is 4.00. The van der Waals surface area contributed by atoms with E-state index in [9.17, 15) is 27.3 Å². The number of aromatic nitrogens is 1. The van der Waals surface area contributed by atoms with Crippen LogP contribution in [0.25, 0.3) is 0 Å². The third kappa shape index (κ3) is 3.23. The van der Waals surface area contributed by atoms with Crippen LogP contribution in [0.3, 0.4) is 0 Å². The lowest BCUT2D eigenvalue weighted by atomic mass is 10.3. The van der Waals surface area contributed by atoms with Crippen molar-refractivity contribution in [2.45, 2.75) is 11.4 Å². The quantitative estimate of drug-likeness (QED) is 0.646. The number of hydrogen-bond donors (Lipinski definition) is 2. The van der Waals surface area contributed by atoms with Crippen LogP contribution < -0.4 is 4.72 Å². The summed E-state index contributed by atoms with van der Waals surface area (Å²) >= 11 is 0. The van der Waals surface area contributed by atoms with Crippen molar-refractivity contribution in [3.63, 3.8) is 0 Å². The first-order valence-corrected chi connectivity index (χ1v) is 7.04. The minimum Gasteiger partial charge on any atom is -0.367 e.